The zero-order valence-corrected chi connectivity index (χ0v) is 21.8. The number of carbonyl (C=O) groups is 3. The number of amides is 3. The Morgan fingerprint density at radius 1 is 1.14 bits per heavy atom. The number of halogens is 2. The third-order valence-electron chi connectivity index (χ3n) is 5.74. The first-order valence-electron chi connectivity index (χ1n) is 11.2. The van der Waals surface area contributed by atoms with Gasteiger partial charge in [-0.2, -0.15) is 0 Å². The van der Waals surface area contributed by atoms with Crippen LogP contribution in [0.5, 0.6) is 0 Å². The van der Waals surface area contributed by atoms with Gasteiger partial charge in [-0.15, -0.1) is 0 Å². The number of fused-ring (bicyclic) bond motifs is 1. The summed E-state index contributed by atoms with van der Waals surface area (Å²) in [4.78, 5) is 39.8. The SMILES string of the molecule is CCCNC(=O)[C@@H](C)N(Cc1ccc(Cl)cc1Cl)C(=O)CCCN1C(=O)c2ccccc2S1(=O)=O. The molecule has 1 N–H and O–H groups in total. The van der Waals surface area contributed by atoms with Crippen LogP contribution < -0.4 is 5.32 Å². The predicted molar refractivity (Wildman–Crippen MR) is 134 cm³/mol. The lowest BCUT2D eigenvalue weighted by Crippen LogP contribution is -2.47. The van der Waals surface area contributed by atoms with Crippen molar-refractivity contribution in [3.63, 3.8) is 0 Å². The van der Waals surface area contributed by atoms with Gasteiger partial charge in [-0.05, 0) is 49.6 Å². The van der Waals surface area contributed by atoms with E-state index in [0.717, 1.165) is 10.7 Å². The number of nitrogens with zero attached hydrogens (tertiary/aromatic N) is 2. The minimum Gasteiger partial charge on any atom is -0.354 e. The van der Waals surface area contributed by atoms with Gasteiger partial charge in [0.25, 0.3) is 15.9 Å². The zero-order chi connectivity index (χ0) is 25.8. The third-order valence-corrected chi connectivity index (χ3v) is 8.16. The molecular formula is C24H27Cl2N3O5S. The number of hydrogen-bond donors (Lipinski definition) is 1. The number of hydrogen-bond acceptors (Lipinski definition) is 5. The second-order valence-electron chi connectivity index (χ2n) is 8.21. The molecule has 1 atom stereocenters. The lowest BCUT2D eigenvalue weighted by atomic mass is 10.1. The highest BCUT2D eigenvalue weighted by molar-refractivity contribution is 7.90. The fourth-order valence-electron chi connectivity index (χ4n) is 3.78. The van der Waals surface area contributed by atoms with Crippen LogP contribution in [0.25, 0.3) is 0 Å². The molecule has 188 valence electrons. The van der Waals surface area contributed by atoms with Gasteiger partial charge in [-0.1, -0.05) is 48.3 Å². The van der Waals surface area contributed by atoms with E-state index in [2.05, 4.69) is 5.32 Å². The molecule has 0 radical (unpaired) electrons. The summed E-state index contributed by atoms with van der Waals surface area (Å²) < 4.78 is 26.3. The molecule has 11 heteroatoms. The van der Waals surface area contributed by atoms with E-state index in [1.165, 1.54) is 17.0 Å². The van der Waals surface area contributed by atoms with E-state index < -0.39 is 22.0 Å². The number of sulfonamides is 1. The summed E-state index contributed by atoms with van der Waals surface area (Å²) in [5.74, 6) is -1.28. The average Bonchev–Trinajstić information content (AvgIpc) is 3.02. The number of benzene rings is 2. The molecule has 3 rings (SSSR count). The molecule has 35 heavy (non-hydrogen) atoms. The fraction of sp³-hybridized carbons (Fsp3) is 0.375. The summed E-state index contributed by atoms with van der Waals surface area (Å²) in [7, 11) is -3.95. The van der Waals surface area contributed by atoms with Crippen molar-refractivity contribution in [1.82, 2.24) is 14.5 Å². The standard InChI is InChI=1S/C24H27Cl2N3O5S/c1-3-12-27-23(31)16(2)28(15-17-10-11-18(25)14-20(17)26)22(30)9-6-13-29-24(32)19-7-4-5-8-21(19)35(29,33)34/h4-5,7-8,10-11,14,16H,3,6,9,12-13,15H2,1-2H3,(H,27,31)/t16-/m1/s1. The maximum absolute atomic E-state index is 13.2. The van der Waals surface area contributed by atoms with Crippen LogP contribution in [0.15, 0.2) is 47.4 Å². The molecule has 0 fully saturated rings. The van der Waals surface area contributed by atoms with Crippen molar-refractivity contribution in [3.05, 3.63) is 63.6 Å². The molecule has 1 aliphatic heterocycles. The van der Waals surface area contributed by atoms with Gasteiger partial charge >= 0.3 is 0 Å². The van der Waals surface area contributed by atoms with Gasteiger partial charge in [-0.25, -0.2) is 12.7 Å². The summed E-state index contributed by atoms with van der Waals surface area (Å²) in [6, 6.07) is 10.1. The van der Waals surface area contributed by atoms with Crippen LogP contribution in [0.1, 0.15) is 49.0 Å². The molecule has 0 saturated carbocycles. The van der Waals surface area contributed by atoms with Gasteiger partial charge in [0.2, 0.25) is 11.8 Å². The first kappa shape index (κ1) is 27.0. The molecule has 0 unspecified atom stereocenters. The zero-order valence-electron chi connectivity index (χ0n) is 19.5. The third kappa shape index (κ3) is 5.97. The molecule has 1 aliphatic rings. The second kappa shape index (κ2) is 11.4. The smallest absolute Gasteiger partial charge is 0.269 e. The molecule has 8 nitrogen and oxygen atoms in total. The summed E-state index contributed by atoms with van der Waals surface area (Å²) in [5, 5.41) is 3.60. The minimum absolute atomic E-state index is 0.0310. The van der Waals surface area contributed by atoms with Gasteiger partial charge in [0.15, 0.2) is 0 Å². The molecule has 0 spiro atoms. The van der Waals surface area contributed by atoms with Crippen LogP contribution in [0.3, 0.4) is 0 Å². The average molecular weight is 540 g/mol. The van der Waals surface area contributed by atoms with Crippen LogP contribution in [0.2, 0.25) is 10.0 Å². The van der Waals surface area contributed by atoms with Crippen molar-refractivity contribution >= 4 is 50.9 Å². The highest BCUT2D eigenvalue weighted by Gasteiger charge is 2.40. The van der Waals surface area contributed by atoms with Crippen molar-refractivity contribution in [2.75, 3.05) is 13.1 Å². The number of rotatable bonds is 10. The molecule has 3 amide bonds. The largest absolute Gasteiger partial charge is 0.354 e. The lowest BCUT2D eigenvalue weighted by Gasteiger charge is -2.29. The molecule has 0 aliphatic carbocycles. The highest BCUT2D eigenvalue weighted by Crippen LogP contribution is 2.30. The van der Waals surface area contributed by atoms with Gasteiger partial charge in [0, 0.05) is 36.1 Å². The van der Waals surface area contributed by atoms with E-state index in [1.807, 2.05) is 6.92 Å². The Hall–Kier alpha value is -2.62. The second-order valence-corrected chi connectivity index (χ2v) is 10.9. The number of carbonyl (C=O) groups excluding carboxylic acids is 3. The van der Waals surface area contributed by atoms with E-state index in [4.69, 9.17) is 23.2 Å². The Bertz CT molecular complexity index is 1240. The predicted octanol–water partition coefficient (Wildman–Crippen LogP) is 3.86. The van der Waals surface area contributed by atoms with E-state index in [0.29, 0.717) is 22.2 Å². The topological polar surface area (TPSA) is 104 Å². The Balaban J connectivity index is 1.72. The lowest BCUT2D eigenvalue weighted by molar-refractivity contribution is -0.140. The van der Waals surface area contributed by atoms with Gasteiger partial charge in [-0.3, -0.25) is 14.4 Å². The van der Waals surface area contributed by atoms with Gasteiger partial charge in [0.05, 0.1) is 5.56 Å². The van der Waals surface area contributed by atoms with Crippen LogP contribution in [-0.4, -0.2) is 54.5 Å². The van der Waals surface area contributed by atoms with Crippen LogP contribution in [0, 0.1) is 0 Å². The molecule has 2 aromatic rings. The minimum atomic E-state index is -3.95. The van der Waals surface area contributed by atoms with Crippen LogP contribution >= 0.6 is 23.2 Å². The van der Waals surface area contributed by atoms with Crippen molar-refractivity contribution in [3.8, 4) is 0 Å². The molecular weight excluding hydrogens is 513 g/mol. The Labute approximate surface area is 215 Å². The summed E-state index contributed by atoms with van der Waals surface area (Å²) in [6.45, 7) is 3.95. The number of nitrogens with one attached hydrogen (secondary N) is 1. The van der Waals surface area contributed by atoms with E-state index >= 15 is 0 Å². The van der Waals surface area contributed by atoms with Gasteiger partial charge in [0.1, 0.15) is 10.9 Å². The molecule has 0 bridgehead atoms. The van der Waals surface area contributed by atoms with Crippen LogP contribution in [-0.2, 0) is 26.2 Å². The Morgan fingerprint density at radius 3 is 2.51 bits per heavy atom. The van der Waals surface area contributed by atoms with E-state index in [1.54, 1.807) is 37.3 Å². The molecule has 1 heterocycles. The first-order valence-corrected chi connectivity index (χ1v) is 13.4. The summed E-state index contributed by atoms with van der Waals surface area (Å²) >= 11 is 12.3. The Morgan fingerprint density at radius 2 is 1.86 bits per heavy atom. The van der Waals surface area contributed by atoms with Crippen molar-refractivity contribution in [1.29, 1.82) is 0 Å². The summed E-state index contributed by atoms with van der Waals surface area (Å²) in [6.07, 6.45) is 0.786. The van der Waals surface area contributed by atoms with Crippen molar-refractivity contribution < 1.29 is 22.8 Å². The van der Waals surface area contributed by atoms with E-state index in [-0.39, 0.29) is 48.2 Å². The molecule has 0 saturated heterocycles. The normalized spacial score (nSPS) is 15.0. The highest BCUT2D eigenvalue weighted by atomic mass is 35.5. The monoisotopic (exact) mass is 539 g/mol. The maximum atomic E-state index is 13.2. The quantitative estimate of drug-likeness (QED) is 0.493. The van der Waals surface area contributed by atoms with Crippen molar-refractivity contribution in [2.24, 2.45) is 0 Å². The fourth-order valence-corrected chi connectivity index (χ4v) is 5.86. The Kier molecular flexibility index (Phi) is 8.79. The maximum Gasteiger partial charge on any atom is 0.269 e. The first-order chi connectivity index (χ1) is 16.6. The van der Waals surface area contributed by atoms with Crippen molar-refractivity contribution in [2.45, 2.75) is 50.6 Å². The van der Waals surface area contributed by atoms with E-state index in [9.17, 15) is 22.8 Å². The molecule has 2 aromatic carbocycles. The van der Waals surface area contributed by atoms with Gasteiger partial charge < -0.3 is 10.2 Å². The molecule has 0 aromatic heterocycles. The summed E-state index contributed by atoms with van der Waals surface area (Å²) in [5.41, 5.74) is 0.742. The van der Waals surface area contributed by atoms with Crippen LogP contribution in [0.4, 0.5) is 0 Å².